The maximum atomic E-state index is 11.5. The Morgan fingerprint density at radius 3 is 2.71 bits per heavy atom. The first kappa shape index (κ1) is 11.4. The molecule has 0 aliphatic carbocycles. The largest absolute Gasteiger partial charge is 0.425 e. The van der Waals surface area contributed by atoms with E-state index in [1.165, 1.54) is 0 Å². The van der Waals surface area contributed by atoms with Gasteiger partial charge in [0.25, 0.3) is 0 Å². The number of carbonyl (C=O) groups is 1. The molecule has 0 N–H and O–H groups in total. The maximum absolute atomic E-state index is 11.5. The van der Waals surface area contributed by atoms with Gasteiger partial charge in [-0.3, -0.25) is 4.79 Å². The van der Waals surface area contributed by atoms with Gasteiger partial charge in [0.15, 0.2) is 5.76 Å². The minimum atomic E-state index is -0.255. The zero-order chi connectivity index (χ0) is 12.3. The van der Waals surface area contributed by atoms with E-state index in [-0.39, 0.29) is 11.9 Å². The minimum absolute atomic E-state index is 0.0172. The standard InChI is InChI=1S/C14H13NO2/c1-2-10-8-13(16)17-14(12(10)9-15)11-6-4-3-5-7-11/h3-7,10H,2,8H2,1H3/t10-/m1/s1. The van der Waals surface area contributed by atoms with Crippen LogP contribution in [0.3, 0.4) is 0 Å². The Labute approximate surface area is 100 Å². The lowest BCUT2D eigenvalue weighted by atomic mass is 9.89. The number of hydrogen-bond donors (Lipinski definition) is 0. The third-order valence-electron chi connectivity index (χ3n) is 2.93. The lowest BCUT2D eigenvalue weighted by Crippen LogP contribution is -2.20. The second kappa shape index (κ2) is 4.84. The molecule has 1 aliphatic rings. The average Bonchev–Trinajstić information content (AvgIpc) is 2.38. The molecule has 17 heavy (non-hydrogen) atoms. The fourth-order valence-corrected chi connectivity index (χ4v) is 1.99. The predicted octanol–water partition coefficient (Wildman–Crippen LogP) is 2.89. The summed E-state index contributed by atoms with van der Waals surface area (Å²) in [5.41, 5.74) is 1.37. The van der Waals surface area contributed by atoms with E-state index in [0.29, 0.717) is 17.8 Å². The van der Waals surface area contributed by atoms with Crippen LogP contribution in [0.25, 0.3) is 5.76 Å². The van der Waals surface area contributed by atoms with Gasteiger partial charge in [-0.05, 0) is 6.42 Å². The number of benzene rings is 1. The van der Waals surface area contributed by atoms with Crippen molar-refractivity contribution in [2.24, 2.45) is 5.92 Å². The fraction of sp³-hybridized carbons (Fsp3) is 0.286. The first-order chi connectivity index (χ1) is 8.26. The quantitative estimate of drug-likeness (QED) is 0.730. The zero-order valence-corrected chi connectivity index (χ0v) is 9.64. The fourth-order valence-electron chi connectivity index (χ4n) is 1.99. The summed E-state index contributed by atoms with van der Waals surface area (Å²) in [5.74, 6) is 0.155. The van der Waals surface area contributed by atoms with E-state index in [1.807, 2.05) is 37.3 Å². The molecule has 0 saturated heterocycles. The molecule has 0 bridgehead atoms. The Bertz CT molecular complexity index is 497. The van der Waals surface area contributed by atoms with Gasteiger partial charge in [0.05, 0.1) is 18.1 Å². The maximum Gasteiger partial charge on any atom is 0.311 e. The van der Waals surface area contributed by atoms with Gasteiger partial charge in [-0.2, -0.15) is 5.26 Å². The number of nitriles is 1. The number of esters is 1. The normalized spacial score (nSPS) is 19.8. The van der Waals surface area contributed by atoms with Crippen molar-refractivity contribution in [3.05, 3.63) is 41.5 Å². The van der Waals surface area contributed by atoms with Crippen molar-refractivity contribution in [1.82, 2.24) is 0 Å². The van der Waals surface area contributed by atoms with Gasteiger partial charge in [0.1, 0.15) is 0 Å². The molecule has 3 heteroatoms. The van der Waals surface area contributed by atoms with Gasteiger partial charge >= 0.3 is 5.97 Å². The molecule has 0 radical (unpaired) electrons. The van der Waals surface area contributed by atoms with Crippen LogP contribution >= 0.6 is 0 Å². The zero-order valence-electron chi connectivity index (χ0n) is 9.64. The van der Waals surface area contributed by atoms with E-state index >= 15 is 0 Å². The van der Waals surface area contributed by atoms with Crippen LogP contribution in [0.5, 0.6) is 0 Å². The van der Waals surface area contributed by atoms with Crippen molar-refractivity contribution < 1.29 is 9.53 Å². The summed E-state index contributed by atoms with van der Waals surface area (Å²) in [7, 11) is 0. The van der Waals surface area contributed by atoms with E-state index in [1.54, 1.807) is 0 Å². The van der Waals surface area contributed by atoms with Crippen molar-refractivity contribution in [2.45, 2.75) is 19.8 Å². The number of allylic oxidation sites excluding steroid dienone is 1. The highest BCUT2D eigenvalue weighted by Gasteiger charge is 2.29. The number of nitrogens with zero attached hydrogens (tertiary/aromatic N) is 1. The number of cyclic esters (lactones) is 1. The molecule has 3 nitrogen and oxygen atoms in total. The number of ether oxygens (including phenoxy) is 1. The molecule has 86 valence electrons. The van der Waals surface area contributed by atoms with Crippen LogP contribution < -0.4 is 0 Å². The smallest absolute Gasteiger partial charge is 0.311 e. The summed E-state index contributed by atoms with van der Waals surface area (Å²) in [5, 5.41) is 9.21. The van der Waals surface area contributed by atoms with Gasteiger partial charge < -0.3 is 4.74 Å². The monoisotopic (exact) mass is 227 g/mol. The Hall–Kier alpha value is -2.08. The Kier molecular flexibility index (Phi) is 3.24. The molecule has 1 aromatic rings. The van der Waals surface area contributed by atoms with Gasteiger partial charge in [-0.1, -0.05) is 37.3 Å². The minimum Gasteiger partial charge on any atom is -0.425 e. The van der Waals surface area contributed by atoms with E-state index in [4.69, 9.17) is 4.74 Å². The molecule has 1 heterocycles. The molecule has 0 aromatic heterocycles. The summed E-state index contributed by atoms with van der Waals surface area (Å²) in [6.07, 6.45) is 1.07. The second-order valence-electron chi connectivity index (χ2n) is 4.00. The lowest BCUT2D eigenvalue weighted by molar-refractivity contribution is -0.138. The topological polar surface area (TPSA) is 50.1 Å². The molecule has 0 amide bonds. The van der Waals surface area contributed by atoms with Crippen molar-refractivity contribution >= 4 is 11.7 Å². The first-order valence-electron chi connectivity index (χ1n) is 5.66. The Morgan fingerprint density at radius 1 is 1.41 bits per heavy atom. The van der Waals surface area contributed by atoms with Gasteiger partial charge in [0.2, 0.25) is 0 Å². The van der Waals surface area contributed by atoms with Crippen LogP contribution in [0.4, 0.5) is 0 Å². The summed E-state index contributed by atoms with van der Waals surface area (Å²) in [6, 6.07) is 11.5. The molecule has 0 fully saturated rings. The summed E-state index contributed by atoms with van der Waals surface area (Å²) in [4.78, 5) is 11.5. The highest BCUT2D eigenvalue weighted by atomic mass is 16.5. The van der Waals surface area contributed by atoms with Crippen molar-refractivity contribution in [1.29, 1.82) is 5.26 Å². The van der Waals surface area contributed by atoms with Gasteiger partial charge in [-0.25, -0.2) is 0 Å². The van der Waals surface area contributed by atoms with Crippen LogP contribution in [0.2, 0.25) is 0 Å². The molecule has 1 aliphatic heterocycles. The van der Waals surface area contributed by atoms with Crippen molar-refractivity contribution in [3.8, 4) is 6.07 Å². The molecule has 2 rings (SSSR count). The predicted molar refractivity (Wildman–Crippen MR) is 63.5 cm³/mol. The van der Waals surface area contributed by atoms with Crippen LogP contribution in [0, 0.1) is 17.2 Å². The lowest BCUT2D eigenvalue weighted by Gasteiger charge is -2.22. The van der Waals surface area contributed by atoms with E-state index in [0.717, 1.165) is 12.0 Å². The molecule has 0 spiro atoms. The molecular formula is C14H13NO2. The Morgan fingerprint density at radius 2 is 2.12 bits per heavy atom. The number of hydrogen-bond acceptors (Lipinski definition) is 3. The molecular weight excluding hydrogens is 214 g/mol. The van der Waals surface area contributed by atoms with E-state index < -0.39 is 0 Å². The van der Waals surface area contributed by atoms with Crippen LogP contribution in [-0.2, 0) is 9.53 Å². The van der Waals surface area contributed by atoms with Crippen molar-refractivity contribution in [2.75, 3.05) is 0 Å². The third-order valence-corrected chi connectivity index (χ3v) is 2.93. The highest BCUT2D eigenvalue weighted by molar-refractivity contribution is 5.84. The summed E-state index contributed by atoms with van der Waals surface area (Å²) in [6.45, 7) is 1.98. The summed E-state index contributed by atoms with van der Waals surface area (Å²) < 4.78 is 5.23. The van der Waals surface area contributed by atoms with Crippen LogP contribution in [0.15, 0.2) is 35.9 Å². The number of carbonyl (C=O) groups excluding carboxylic acids is 1. The van der Waals surface area contributed by atoms with Crippen LogP contribution in [0.1, 0.15) is 25.3 Å². The molecule has 1 atom stereocenters. The summed E-state index contributed by atoms with van der Waals surface area (Å²) >= 11 is 0. The number of rotatable bonds is 2. The third kappa shape index (κ3) is 2.21. The Balaban J connectivity index is 2.51. The molecule has 0 saturated carbocycles. The SMILES string of the molecule is CC[C@@H]1CC(=O)OC(c2ccccc2)=C1C#N. The average molecular weight is 227 g/mol. The van der Waals surface area contributed by atoms with Gasteiger partial charge in [0, 0.05) is 11.5 Å². The van der Waals surface area contributed by atoms with E-state index in [9.17, 15) is 10.1 Å². The first-order valence-corrected chi connectivity index (χ1v) is 5.66. The van der Waals surface area contributed by atoms with E-state index in [2.05, 4.69) is 6.07 Å². The molecule has 1 aromatic carbocycles. The van der Waals surface area contributed by atoms with Crippen molar-refractivity contribution in [3.63, 3.8) is 0 Å². The van der Waals surface area contributed by atoms with Crippen LogP contribution in [-0.4, -0.2) is 5.97 Å². The second-order valence-corrected chi connectivity index (χ2v) is 4.00. The highest BCUT2D eigenvalue weighted by Crippen LogP contribution is 2.33. The van der Waals surface area contributed by atoms with Gasteiger partial charge in [-0.15, -0.1) is 0 Å². The molecule has 0 unspecified atom stereocenters.